The van der Waals surface area contributed by atoms with E-state index in [-0.39, 0.29) is 48.7 Å². The Kier molecular flexibility index (Phi) is 18.0. The smallest absolute Gasteiger partial charge is 0.481 e. The third-order valence-corrected chi connectivity index (χ3v) is 13.1. The second-order valence-corrected chi connectivity index (χ2v) is 20.3. The maximum absolute atomic E-state index is 12.7. The van der Waals surface area contributed by atoms with Crippen molar-refractivity contribution in [2.24, 2.45) is 5.41 Å². The molecule has 0 radical (unpaired) electrons. The fourth-order valence-electron chi connectivity index (χ4n) is 5.01. The fourth-order valence-corrected chi connectivity index (χ4v) is 9.68. The number of fused-ring (bicyclic) bond motifs is 1. The number of imidazole rings is 1. The van der Waals surface area contributed by atoms with Gasteiger partial charge in [0.15, 0.2) is 17.7 Å². The number of anilines is 1. The summed E-state index contributed by atoms with van der Waals surface area (Å²) in [5, 5.41) is 44.5. The number of carboxylic acids is 1. The van der Waals surface area contributed by atoms with E-state index in [1.54, 1.807) is 0 Å². The molecule has 12 N–H and O–H groups in total. The number of phosphoric acid groups is 3. The van der Waals surface area contributed by atoms with Crippen molar-refractivity contribution in [2.45, 2.75) is 76.3 Å². The molecule has 2 aromatic rings. The van der Waals surface area contributed by atoms with Crippen LogP contribution in [0.5, 0.6) is 0 Å². The van der Waals surface area contributed by atoms with E-state index in [4.69, 9.17) is 24.6 Å². The molecule has 1 aliphatic heterocycles. The highest BCUT2D eigenvalue weighted by atomic mass is 33.1. The summed E-state index contributed by atoms with van der Waals surface area (Å²) in [5.41, 5.74) is 2.48. The summed E-state index contributed by atoms with van der Waals surface area (Å²) in [7, 11) is -14.6. The summed E-state index contributed by atoms with van der Waals surface area (Å²) >= 11 is 0. The van der Waals surface area contributed by atoms with E-state index in [2.05, 4.69) is 34.4 Å². The Morgan fingerprint density at radius 3 is 2.32 bits per heavy atom. The number of amides is 2. The summed E-state index contributed by atoms with van der Waals surface area (Å²) in [5.74, 6) is -2.58. The predicted octanol–water partition coefficient (Wildman–Crippen LogP) is -1.07. The van der Waals surface area contributed by atoms with Crippen molar-refractivity contribution < 1.29 is 95.5 Å². The molecule has 59 heavy (non-hydrogen) atoms. The van der Waals surface area contributed by atoms with Crippen LogP contribution in [0, 0.1) is 5.41 Å². The molecule has 1 saturated heterocycles. The number of nitrogens with two attached hydrogens (primary N) is 1. The van der Waals surface area contributed by atoms with Crippen molar-refractivity contribution in [3.63, 3.8) is 0 Å². The van der Waals surface area contributed by atoms with Crippen molar-refractivity contribution in [3.8, 4) is 0 Å². The van der Waals surface area contributed by atoms with E-state index >= 15 is 0 Å². The number of carbonyl (C=O) groups is 4. The van der Waals surface area contributed by atoms with Crippen molar-refractivity contribution >= 4 is 84.9 Å². The van der Waals surface area contributed by atoms with Crippen LogP contribution in [0.2, 0.25) is 0 Å². The average Bonchev–Trinajstić information content (AvgIpc) is 3.65. The van der Waals surface area contributed by atoms with Gasteiger partial charge in [0.25, 0.3) is 0 Å². The van der Waals surface area contributed by atoms with Crippen molar-refractivity contribution in [3.05, 3.63) is 12.7 Å². The highest BCUT2D eigenvalue weighted by molar-refractivity contribution is 8.82. The van der Waals surface area contributed by atoms with Crippen LogP contribution in [-0.2, 0) is 55.5 Å². The number of nitrogens with one attached hydrogen (secondary N) is 2. The van der Waals surface area contributed by atoms with E-state index < -0.39 is 108 Å². The first-order valence-electron chi connectivity index (χ1n) is 16.8. The lowest BCUT2D eigenvalue weighted by Gasteiger charge is -2.30. The Labute approximate surface area is 342 Å². The molecular formula is C27H44N7O20P3S2. The predicted molar refractivity (Wildman–Crippen MR) is 202 cm³/mol. The molecule has 334 valence electrons. The van der Waals surface area contributed by atoms with Gasteiger partial charge in [-0.3, -0.25) is 37.3 Å². The van der Waals surface area contributed by atoms with Crippen LogP contribution >= 0.6 is 45.1 Å². The molecule has 0 saturated carbocycles. The normalized spacial score (nSPS) is 22.2. The minimum Gasteiger partial charge on any atom is -0.481 e. The van der Waals surface area contributed by atoms with Crippen LogP contribution in [0.15, 0.2) is 12.7 Å². The van der Waals surface area contributed by atoms with Gasteiger partial charge in [-0.2, -0.15) is 4.31 Å². The number of carboxylic acid groups (broad SMARTS) is 1. The monoisotopic (exact) mass is 943 g/mol. The summed E-state index contributed by atoms with van der Waals surface area (Å²) in [4.78, 5) is 98.3. The van der Waals surface area contributed by atoms with Gasteiger partial charge in [0.05, 0.1) is 31.6 Å². The molecule has 0 aliphatic carbocycles. The topological polar surface area (TPSA) is 421 Å². The number of aliphatic hydroxyl groups is 3. The van der Waals surface area contributed by atoms with Gasteiger partial charge in [0, 0.05) is 37.1 Å². The zero-order valence-corrected chi connectivity index (χ0v) is 35.5. The Bertz CT molecular complexity index is 1970. The number of nitrogen functional groups attached to an aromatic ring is 1. The third kappa shape index (κ3) is 16.3. The molecule has 1 aliphatic rings. The summed E-state index contributed by atoms with van der Waals surface area (Å²) < 4.78 is 62.0. The van der Waals surface area contributed by atoms with Gasteiger partial charge in [-0.05, 0) is 17.7 Å². The molecule has 2 aromatic heterocycles. The molecule has 1 fully saturated rings. The van der Waals surface area contributed by atoms with Crippen LogP contribution in [0.25, 0.3) is 11.2 Å². The quantitative estimate of drug-likeness (QED) is 0.0339. The highest BCUT2D eigenvalue weighted by Gasteiger charge is 2.50. The second kappa shape index (κ2) is 20.9. The number of aliphatic hydroxyl groups excluding tert-OH is 2. The number of aromatic nitrogens is 4. The molecule has 27 nitrogen and oxygen atoms in total. The van der Waals surface area contributed by atoms with Gasteiger partial charge in [-0.25, -0.2) is 28.6 Å². The van der Waals surface area contributed by atoms with Crippen LogP contribution in [0.3, 0.4) is 0 Å². The molecule has 8 atom stereocenters. The average molecular weight is 944 g/mol. The lowest BCUT2D eigenvalue weighted by atomic mass is 9.87. The molecule has 0 bridgehead atoms. The van der Waals surface area contributed by atoms with Gasteiger partial charge in [0.1, 0.15) is 36.3 Å². The summed E-state index contributed by atoms with van der Waals surface area (Å²) in [6.07, 6.45) is -8.12. The molecule has 0 spiro atoms. The number of nitrogens with zero attached hydrogens (tertiary/aromatic N) is 4. The lowest BCUT2D eigenvalue weighted by Crippen LogP contribution is -2.46. The lowest BCUT2D eigenvalue weighted by molar-refractivity contribution is -0.142. The van der Waals surface area contributed by atoms with Gasteiger partial charge < -0.3 is 61.1 Å². The van der Waals surface area contributed by atoms with Gasteiger partial charge in [-0.15, -0.1) is 0 Å². The minimum atomic E-state index is -5.60. The maximum Gasteiger partial charge on any atom is 0.481 e. The third-order valence-electron chi connectivity index (χ3n) is 7.79. The molecule has 3 rings (SSSR count). The van der Waals surface area contributed by atoms with Crippen LogP contribution in [-0.4, -0.2) is 144 Å². The van der Waals surface area contributed by atoms with Gasteiger partial charge in [0.2, 0.25) is 16.9 Å². The Balaban J connectivity index is 1.45. The van der Waals surface area contributed by atoms with Crippen molar-refractivity contribution in [1.29, 1.82) is 0 Å². The minimum absolute atomic E-state index is 0.0162. The first kappa shape index (κ1) is 50.7. The van der Waals surface area contributed by atoms with E-state index in [0.717, 1.165) is 38.8 Å². The molecule has 32 heteroatoms. The number of rotatable bonds is 24. The van der Waals surface area contributed by atoms with E-state index in [1.807, 2.05) is 0 Å². The maximum atomic E-state index is 12.7. The van der Waals surface area contributed by atoms with Crippen molar-refractivity contribution in [2.75, 3.05) is 37.8 Å². The zero-order chi connectivity index (χ0) is 44.6. The van der Waals surface area contributed by atoms with Crippen LogP contribution in [0.4, 0.5) is 5.82 Å². The number of aliphatic carboxylic acids is 1. The standard InChI is InChI=1S/C27H44N7O20P3S2/c1-26(2,21(40)24(41)30-5-4-15(35)29-6-7-58-59-17(38)9-27(3,42)8-16(36)37)11-51-57(48,49)54-56(46,47)50-10-14-20(53-55(43,44)45)19(39)25(52-14)34-13-33-18-22(28)31-12-32-23(18)34/h12-14,19-21,25,39-40,42H,4-11H2,1-3H3,(H,29,35)(H,30,41)(H,36,37)(H,46,47)(H,48,49)(H2,28,31,32)(H2,43,44,45)/t14-,19-,20-,21+,25-,27?/m1/s1. The van der Waals surface area contributed by atoms with Crippen LogP contribution in [0.1, 0.15) is 46.3 Å². The Morgan fingerprint density at radius 1 is 1.02 bits per heavy atom. The molecule has 3 heterocycles. The molecule has 3 unspecified atom stereocenters. The van der Waals surface area contributed by atoms with E-state index in [9.17, 15) is 67.8 Å². The fraction of sp³-hybridized carbons (Fsp3) is 0.667. The number of hydrogen-bond donors (Lipinski definition) is 11. The summed E-state index contributed by atoms with van der Waals surface area (Å²) in [6, 6.07) is 0. The Hall–Kier alpha value is -2.66. The molecular weight excluding hydrogens is 899 g/mol. The van der Waals surface area contributed by atoms with E-state index in [1.165, 1.54) is 20.8 Å². The van der Waals surface area contributed by atoms with Crippen LogP contribution < -0.4 is 16.4 Å². The van der Waals surface area contributed by atoms with Crippen molar-refractivity contribution in [1.82, 2.24) is 30.2 Å². The SMILES string of the molecule is CC(O)(CC(=O)O)CC(=O)SSCCNC(=O)CCNC(=O)[C@H](O)C(C)(C)COP(=O)(O)OP(=O)(O)OC[C@H]1O[C@@H](n2cnc3c(N)ncnc32)[C@H](O)[C@@H]1OP(=O)(O)O. The number of hydrogen-bond acceptors (Lipinski definition) is 21. The first-order valence-corrected chi connectivity index (χ1v) is 23.6. The molecule has 0 aromatic carbocycles. The summed E-state index contributed by atoms with van der Waals surface area (Å²) in [6.45, 7) is 1.45. The highest BCUT2D eigenvalue weighted by Crippen LogP contribution is 2.61. The zero-order valence-electron chi connectivity index (χ0n) is 31.2. The number of phosphoric ester groups is 3. The van der Waals surface area contributed by atoms with Gasteiger partial charge in [-0.1, -0.05) is 24.6 Å². The molecule has 2 amide bonds. The van der Waals surface area contributed by atoms with E-state index in [0.29, 0.717) is 0 Å². The Morgan fingerprint density at radius 2 is 1.68 bits per heavy atom. The van der Waals surface area contributed by atoms with Gasteiger partial charge >= 0.3 is 29.4 Å². The largest absolute Gasteiger partial charge is 0.481 e. The number of ether oxygens (including phenoxy) is 1. The second-order valence-electron chi connectivity index (χ2n) is 13.6. The number of carbonyl (C=O) groups excluding carboxylic acids is 3. The first-order chi connectivity index (χ1) is 27.1.